The minimum absolute atomic E-state index is 0.161. The van der Waals surface area contributed by atoms with Gasteiger partial charge in [0.25, 0.3) is 0 Å². The molecule has 0 heterocycles. The molecule has 0 radical (unpaired) electrons. The van der Waals surface area contributed by atoms with E-state index in [0.717, 1.165) is 24.3 Å². The van der Waals surface area contributed by atoms with Crippen LogP contribution in [0.1, 0.15) is 25.3 Å². The van der Waals surface area contributed by atoms with Gasteiger partial charge in [-0.1, -0.05) is 23.7 Å². The molecule has 2 rings (SSSR count). The summed E-state index contributed by atoms with van der Waals surface area (Å²) in [5.41, 5.74) is 1.43. The minimum atomic E-state index is -0.196. The molecular formula is C12H15ClO. The van der Waals surface area contributed by atoms with Crippen LogP contribution in [0.15, 0.2) is 24.3 Å². The lowest BCUT2D eigenvalue weighted by atomic mass is 9.92. The fourth-order valence-electron chi connectivity index (χ4n) is 1.91. The second kappa shape index (κ2) is 3.56. The highest BCUT2D eigenvalue weighted by molar-refractivity contribution is 6.30. The number of hydrogen-bond donors (Lipinski definition) is 1. The summed E-state index contributed by atoms with van der Waals surface area (Å²) in [5, 5.41) is 10.4. The van der Waals surface area contributed by atoms with Gasteiger partial charge in [0.1, 0.15) is 0 Å². The normalized spacial score (nSPS) is 20.5. The zero-order valence-electron chi connectivity index (χ0n) is 8.33. The maximum Gasteiger partial charge on any atom is 0.0571 e. The summed E-state index contributed by atoms with van der Waals surface area (Å²) in [7, 11) is 0. The van der Waals surface area contributed by atoms with Crippen molar-refractivity contribution >= 4 is 11.6 Å². The lowest BCUT2D eigenvalue weighted by Gasteiger charge is -2.18. The van der Waals surface area contributed by atoms with Crippen molar-refractivity contribution in [3.8, 4) is 0 Å². The lowest BCUT2D eigenvalue weighted by molar-refractivity contribution is 0.110. The van der Waals surface area contributed by atoms with Gasteiger partial charge in [0.15, 0.2) is 0 Å². The zero-order chi connectivity index (χ0) is 10.2. The van der Waals surface area contributed by atoms with E-state index in [1.54, 1.807) is 0 Å². The second-order valence-corrected chi connectivity index (χ2v) is 4.78. The number of benzene rings is 1. The highest BCUT2D eigenvalue weighted by Gasteiger charge is 2.46. The molecule has 2 heteroatoms. The van der Waals surface area contributed by atoms with Crippen LogP contribution in [-0.2, 0) is 6.42 Å². The summed E-state index contributed by atoms with van der Waals surface area (Å²) in [6.45, 7) is 1.89. The van der Waals surface area contributed by atoms with Crippen molar-refractivity contribution in [1.82, 2.24) is 0 Å². The Bertz CT molecular complexity index is 312. The molecule has 14 heavy (non-hydrogen) atoms. The smallest absolute Gasteiger partial charge is 0.0571 e. The van der Waals surface area contributed by atoms with Gasteiger partial charge in [0, 0.05) is 10.4 Å². The number of rotatable bonds is 3. The number of halogens is 1. The number of aliphatic hydroxyl groups is 1. The first-order valence-electron chi connectivity index (χ1n) is 5.05. The first kappa shape index (κ1) is 10.0. The largest absolute Gasteiger partial charge is 0.393 e. The SMILES string of the molecule is CC(O)C1(Cc2ccc(Cl)cc2)CC1. The van der Waals surface area contributed by atoms with Crippen molar-refractivity contribution in [3.63, 3.8) is 0 Å². The molecular weight excluding hydrogens is 196 g/mol. The van der Waals surface area contributed by atoms with Gasteiger partial charge >= 0.3 is 0 Å². The number of hydrogen-bond acceptors (Lipinski definition) is 1. The van der Waals surface area contributed by atoms with Gasteiger partial charge in [-0.2, -0.15) is 0 Å². The van der Waals surface area contributed by atoms with E-state index in [1.807, 2.05) is 31.2 Å². The van der Waals surface area contributed by atoms with Crippen molar-refractivity contribution in [2.45, 2.75) is 32.3 Å². The van der Waals surface area contributed by atoms with Gasteiger partial charge in [-0.05, 0) is 43.9 Å². The van der Waals surface area contributed by atoms with Gasteiger partial charge in [0.05, 0.1) is 6.10 Å². The summed E-state index contributed by atoms with van der Waals surface area (Å²) in [5.74, 6) is 0. The van der Waals surface area contributed by atoms with E-state index in [-0.39, 0.29) is 11.5 Å². The summed E-state index contributed by atoms with van der Waals surface area (Å²) in [6.07, 6.45) is 3.07. The van der Waals surface area contributed by atoms with Crippen molar-refractivity contribution in [1.29, 1.82) is 0 Å². The highest BCUT2D eigenvalue weighted by atomic mass is 35.5. The van der Waals surface area contributed by atoms with Gasteiger partial charge in [-0.25, -0.2) is 0 Å². The molecule has 0 aliphatic heterocycles. The fraction of sp³-hybridized carbons (Fsp3) is 0.500. The van der Waals surface area contributed by atoms with Gasteiger partial charge in [-0.3, -0.25) is 0 Å². The van der Waals surface area contributed by atoms with Crippen molar-refractivity contribution < 1.29 is 5.11 Å². The van der Waals surface area contributed by atoms with E-state index in [9.17, 15) is 5.11 Å². The Hall–Kier alpha value is -0.530. The van der Waals surface area contributed by atoms with Crippen LogP contribution in [0.2, 0.25) is 5.02 Å². The van der Waals surface area contributed by atoms with Crippen LogP contribution in [-0.4, -0.2) is 11.2 Å². The van der Waals surface area contributed by atoms with Crippen LogP contribution in [0, 0.1) is 5.41 Å². The van der Waals surface area contributed by atoms with E-state index in [0.29, 0.717) is 0 Å². The Kier molecular flexibility index (Phi) is 2.54. The van der Waals surface area contributed by atoms with Gasteiger partial charge in [-0.15, -0.1) is 0 Å². The Morgan fingerprint density at radius 2 is 1.93 bits per heavy atom. The quantitative estimate of drug-likeness (QED) is 0.813. The predicted molar refractivity (Wildman–Crippen MR) is 58.5 cm³/mol. The standard InChI is InChI=1S/C12H15ClO/c1-9(14)12(6-7-12)8-10-2-4-11(13)5-3-10/h2-5,9,14H,6-8H2,1H3. The van der Waals surface area contributed by atoms with E-state index in [2.05, 4.69) is 0 Å². The molecule has 0 spiro atoms. The Labute approximate surface area is 89.7 Å². The third kappa shape index (κ3) is 1.94. The minimum Gasteiger partial charge on any atom is -0.393 e. The molecule has 1 aliphatic rings. The van der Waals surface area contributed by atoms with Crippen molar-refractivity contribution in [2.75, 3.05) is 0 Å². The Morgan fingerprint density at radius 3 is 2.36 bits per heavy atom. The van der Waals surface area contributed by atoms with Crippen LogP contribution in [0.25, 0.3) is 0 Å². The summed E-state index contributed by atoms with van der Waals surface area (Å²) >= 11 is 5.81. The molecule has 1 saturated carbocycles. The molecule has 1 unspecified atom stereocenters. The molecule has 0 bridgehead atoms. The maximum atomic E-state index is 9.63. The molecule has 0 amide bonds. The van der Waals surface area contributed by atoms with E-state index in [1.165, 1.54) is 5.56 Å². The van der Waals surface area contributed by atoms with Crippen LogP contribution in [0.3, 0.4) is 0 Å². The van der Waals surface area contributed by atoms with Gasteiger partial charge in [0.2, 0.25) is 0 Å². The maximum absolute atomic E-state index is 9.63. The average Bonchev–Trinajstić information content (AvgIpc) is 2.90. The molecule has 0 aromatic heterocycles. The summed E-state index contributed by atoms with van der Waals surface area (Å²) in [4.78, 5) is 0. The third-order valence-electron chi connectivity index (χ3n) is 3.25. The monoisotopic (exact) mass is 210 g/mol. The van der Waals surface area contributed by atoms with Crippen LogP contribution >= 0.6 is 11.6 Å². The van der Waals surface area contributed by atoms with E-state index < -0.39 is 0 Å². The Balaban J connectivity index is 2.08. The summed E-state index contributed by atoms with van der Waals surface area (Å²) < 4.78 is 0. The molecule has 1 aromatic rings. The molecule has 1 aromatic carbocycles. The summed E-state index contributed by atoms with van der Waals surface area (Å²) in [6, 6.07) is 7.92. The average molecular weight is 211 g/mol. The fourth-order valence-corrected chi connectivity index (χ4v) is 2.04. The highest BCUT2D eigenvalue weighted by Crippen LogP contribution is 2.51. The van der Waals surface area contributed by atoms with Crippen molar-refractivity contribution in [2.24, 2.45) is 5.41 Å². The third-order valence-corrected chi connectivity index (χ3v) is 3.50. The molecule has 0 saturated heterocycles. The Morgan fingerprint density at radius 1 is 1.36 bits per heavy atom. The first-order chi connectivity index (χ1) is 6.62. The molecule has 1 N–H and O–H groups in total. The second-order valence-electron chi connectivity index (χ2n) is 4.34. The number of aliphatic hydroxyl groups excluding tert-OH is 1. The lowest BCUT2D eigenvalue weighted by Crippen LogP contribution is -2.20. The van der Waals surface area contributed by atoms with Crippen LogP contribution in [0.5, 0.6) is 0 Å². The van der Waals surface area contributed by atoms with Gasteiger partial charge < -0.3 is 5.11 Å². The first-order valence-corrected chi connectivity index (χ1v) is 5.43. The molecule has 1 nitrogen and oxygen atoms in total. The molecule has 1 fully saturated rings. The van der Waals surface area contributed by atoms with Crippen LogP contribution < -0.4 is 0 Å². The molecule has 76 valence electrons. The molecule has 1 aliphatic carbocycles. The van der Waals surface area contributed by atoms with E-state index in [4.69, 9.17) is 11.6 Å². The zero-order valence-corrected chi connectivity index (χ0v) is 9.09. The van der Waals surface area contributed by atoms with Crippen LogP contribution in [0.4, 0.5) is 0 Å². The van der Waals surface area contributed by atoms with Crippen molar-refractivity contribution in [3.05, 3.63) is 34.9 Å². The van der Waals surface area contributed by atoms with E-state index >= 15 is 0 Å². The topological polar surface area (TPSA) is 20.2 Å². The molecule has 1 atom stereocenters. The predicted octanol–water partition coefficient (Wildman–Crippen LogP) is 3.04.